The summed E-state index contributed by atoms with van der Waals surface area (Å²) in [7, 11) is -2.53. The van der Waals surface area contributed by atoms with Crippen LogP contribution in [0.2, 0.25) is 0 Å². The van der Waals surface area contributed by atoms with Crippen molar-refractivity contribution in [3.8, 4) is 0 Å². The molecule has 9 heteroatoms. The number of rotatable bonds is 5. The minimum Gasteiger partial charge on any atom is -0.339 e. The Kier molecular flexibility index (Phi) is 5.76. The highest BCUT2D eigenvalue weighted by molar-refractivity contribution is 7.89. The van der Waals surface area contributed by atoms with Gasteiger partial charge in [-0.15, -0.1) is 0 Å². The van der Waals surface area contributed by atoms with E-state index in [4.69, 9.17) is 0 Å². The molecule has 0 atom stereocenters. The molecule has 180 valence electrons. The molecule has 6 rings (SSSR count). The van der Waals surface area contributed by atoms with E-state index >= 15 is 0 Å². The first kappa shape index (κ1) is 22.8. The fourth-order valence-electron chi connectivity index (χ4n) is 7.03. The molecule has 0 unspecified atom stereocenters. The number of hydrogen-bond acceptors (Lipinski definition) is 4. The molecule has 4 aliphatic carbocycles. The van der Waals surface area contributed by atoms with Gasteiger partial charge in [0.15, 0.2) is 0 Å². The van der Waals surface area contributed by atoms with E-state index in [9.17, 15) is 22.4 Å². The molecule has 5 aliphatic rings. The second-order valence-corrected chi connectivity index (χ2v) is 12.6. The van der Waals surface area contributed by atoms with Crippen LogP contribution in [0.25, 0.3) is 0 Å². The molecule has 5 fully saturated rings. The molecule has 0 N–H and O–H groups in total. The third kappa shape index (κ3) is 4.18. The van der Waals surface area contributed by atoms with E-state index in [0.29, 0.717) is 43.9 Å². The van der Waals surface area contributed by atoms with E-state index < -0.39 is 15.8 Å². The summed E-state index contributed by atoms with van der Waals surface area (Å²) < 4.78 is 39.5. The fraction of sp³-hybridized carbons (Fsp3) is 0.667. The first-order chi connectivity index (χ1) is 15.7. The maximum Gasteiger partial charge on any atom is 0.243 e. The smallest absolute Gasteiger partial charge is 0.243 e. The van der Waals surface area contributed by atoms with E-state index in [1.54, 1.807) is 4.90 Å². The van der Waals surface area contributed by atoms with Gasteiger partial charge >= 0.3 is 0 Å². The predicted molar refractivity (Wildman–Crippen MR) is 120 cm³/mol. The maximum absolute atomic E-state index is 13.5. The molecule has 1 saturated heterocycles. The molecule has 1 aliphatic heterocycles. The van der Waals surface area contributed by atoms with Crippen molar-refractivity contribution in [3.63, 3.8) is 0 Å². The molecular formula is C24H32FN3O4S. The molecular weight excluding hydrogens is 445 g/mol. The highest BCUT2D eigenvalue weighted by Gasteiger charge is 2.55. The van der Waals surface area contributed by atoms with E-state index in [2.05, 4.69) is 0 Å². The van der Waals surface area contributed by atoms with Crippen LogP contribution < -0.4 is 0 Å². The fourth-order valence-corrected chi connectivity index (χ4v) is 8.15. The molecule has 7 nitrogen and oxygen atoms in total. The molecule has 4 bridgehead atoms. The minimum absolute atomic E-state index is 0.0508. The highest BCUT2D eigenvalue weighted by Crippen LogP contribution is 2.60. The standard InChI is InChI=1S/C24H32FN3O4S/c1-26(33(31,32)21-4-2-20(25)3-5-21)16-22(29)27-6-8-28(9-7-27)23(30)24-13-17-10-18(14-24)12-19(11-17)15-24/h2-5,17-19H,6-16H2,1H3. The summed E-state index contributed by atoms with van der Waals surface area (Å²) in [5.41, 5.74) is -0.176. The van der Waals surface area contributed by atoms with Gasteiger partial charge in [-0.25, -0.2) is 12.8 Å². The van der Waals surface area contributed by atoms with Gasteiger partial charge in [-0.05, 0) is 80.5 Å². The van der Waals surface area contributed by atoms with Crippen molar-refractivity contribution in [1.82, 2.24) is 14.1 Å². The number of halogens is 1. The van der Waals surface area contributed by atoms with Gasteiger partial charge in [0.1, 0.15) is 5.82 Å². The number of carbonyl (C=O) groups excluding carboxylic acids is 2. The number of nitrogens with zero attached hydrogens (tertiary/aromatic N) is 3. The SMILES string of the molecule is CN(CC(=O)N1CCN(C(=O)C23CC4CC(CC(C4)C2)C3)CC1)S(=O)(=O)c1ccc(F)cc1. The molecule has 1 aromatic carbocycles. The lowest BCUT2D eigenvalue weighted by Crippen LogP contribution is -2.59. The van der Waals surface area contributed by atoms with Crippen LogP contribution in [0.3, 0.4) is 0 Å². The topological polar surface area (TPSA) is 78.0 Å². The van der Waals surface area contributed by atoms with Gasteiger partial charge < -0.3 is 9.80 Å². The Hall–Kier alpha value is -2.00. The predicted octanol–water partition coefficient (Wildman–Crippen LogP) is 2.33. The number of likely N-dealkylation sites (N-methyl/N-ethyl adjacent to an activating group) is 1. The van der Waals surface area contributed by atoms with Gasteiger partial charge in [-0.3, -0.25) is 9.59 Å². The molecule has 4 saturated carbocycles. The molecule has 33 heavy (non-hydrogen) atoms. The first-order valence-corrected chi connectivity index (χ1v) is 13.4. The average Bonchev–Trinajstić information content (AvgIpc) is 2.78. The largest absolute Gasteiger partial charge is 0.339 e. The second kappa shape index (κ2) is 8.34. The lowest BCUT2D eigenvalue weighted by Gasteiger charge is -2.57. The number of piperazine rings is 1. The van der Waals surface area contributed by atoms with Crippen molar-refractivity contribution in [3.05, 3.63) is 30.1 Å². The van der Waals surface area contributed by atoms with E-state index in [-0.39, 0.29) is 28.7 Å². The summed E-state index contributed by atoms with van der Waals surface area (Å²) in [6.45, 7) is 1.55. The third-order valence-corrected chi connectivity index (χ3v) is 10.1. The summed E-state index contributed by atoms with van der Waals surface area (Å²) in [6.07, 6.45) is 6.98. The molecule has 0 radical (unpaired) electrons. The van der Waals surface area contributed by atoms with Gasteiger partial charge in [0.2, 0.25) is 21.8 Å². The van der Waals surface area contributed by atoms with E-state index in [1.807, 2.05) is 4.90 Å². The third-order valence-electron chi connectivity index (χ3n) is 8.29. The van der Waals surface area contributed by atoms with Gasteiger partial charge in [-0.2, -0.15) is 4.31 Å². The van der Waals surface area contributed by atoms with Crippen LogP contribution in [-0.4, -0.2) is 74.1 Å². The maximum atomic E-state index is 13.5. The average molecular weight is 478 g/mol. The summed E-state index contributed by atoms with van der Waals surface area (Å²) in [4.78, 5) is 29.9. The van der Waals surface area contributed by atoms with Gasteiger partial charge in [-0.1, -0.05) is 0 Å². The Balaban J connectivity index is 1.17. The van der Waals surface area contributed by atoms with Gasteiger partial charge in [0.25, 0.3) is 0 Å². The second-order valence-electron chi connectivity index (χ2n) is 10.6. The Morgan fingerprint density at radius 2 is 1.42 bits per heavy atom. The van der Waals surface area contributed by atoms with Crippen LogP contribution in [-0.2, 0) is 19.6 Å². The van der Waals surface area contributed by atoms with Crippen molar-refractivity contribution < 1.29 is 22.4 Å². The van der Waals surface area contributed by atoms with Gasteiger partial charge in [0.05, 0.1) is 16.9 Å². The van der Waals surface area contributed by atoms with Crippen LogP contribution in [0, 0.1) is 29.0 Å². The Morgan fingerprint density at radius 3 is 1.94 bits per heavy atom. The number of benzene rings is 1. The molecule has 2 amide bonds. The van der Waals surface area contributed by atoms with Crippen molar-refractivity contribution in [2.24, 2.45) is 23.2 Å². The first-order valence-electron chi connectivity index (χ1n) is 12.0. The van der Waals surface area contributed by atoms with Crippen molar-refractivity contribution in [2.75, 3.05) is 39.8 Å². The minimum atomic E-state index is -3.89. The lowest BCUT2D eigenvalue weighted by molar-refractivity contribution is -0.160. The number of carbonyl (C=O) groups is 2. The summed E-state index contributed by atoms with van der Waals surface area (Å²) in [6, 6.07) is 4.56. The van der Waals surface area contributed by atoms with E-state index in [0.717, 1.165) is 35.7 Å². The van der Waals surface area contributed by atoms with Crippen LogP contribution in [0.1, 0.15) is 38.5 Å². The summed E-state index contributed by atoms with van der Waals surface area (Å²) >= 11 is 0. The van der Waals surface area contributed by atoms with Crippen LogP contribution in [0.15, 0.2) is 29.2 Å². The highest BCUT2D eigenvalue weighted by atomic mass is 32.2. The van der Waals surface area contributed by atoms with E-state index in [1.165, 1.54) is 38.4 Å². The number of hydrogen-bond donors (Lipinski definition) is 0. The number of sulfonamides is 1. The summed E-state index contributed by atoms with van der Waals surface area (Å²) in [5.74, 6) is 1.61. The number of amides is 2. The van der Waals surface area contributed by atoms with Crippen LogP contribution in [0.5, 0.6) is 0 Å². The zero-order chi connectivity index (χ0) is 23.4. The summed E-state index contributed by atoms with van der Waals surface area (Å²) in [5, 5.41) is 0. The van der Waals surface area contributed by atoms with Gasteiger partial charge in [0, 0.05) is 33.2 Å². The van der Waals surface area contributed by atoms with Crippen molar-refractivity contribution >= 4 is 21.8 Å². The zero-order valence-corrected chi connectivity index (χ0v) is 19.9. The molecule has 1 heterocycles. The molecule has 0 spiro atoms. The zero-order valence-electron chi connectivity index (χ0n) is 19.1. The van der Waals surface area contributed by atoms with Crippen LogP contribution in [0.4, 0.5) is 4.39 Å². The normalized spacial score (nSPS) is 31.3. The Morgan fingerprint density at radius 1 is 0.939 bits per heavy atom. The lowest BCUT2D eigenvalue weighted by atomic mass is 9.49. The molecule has 1 aromatic rings. The van der Waals surface area contributed by atoms with Crippen molar-refractivity contribution in [1.29, 1.82) is 0 Å². The monoisotopic (exact) mass is 477 g/mol. The van der Waals surface area contributed by atoms with Crippen LogP contribution >= 0.6 is 0 Å². The quantitative estimate of drug-likeness (QED) is 0.652. The Bertz CT molecular complexity index is 999. The van der Waals surface area contributed by atoms with Crippen molar-refractivity contribution in [2.45, 2.75) is 43.4 Å². The molecule has 0 aromatic heterocycles. The Labute approximate surface area is 195 Å².